The fraction of sp³-hybridized carbons (Fsp3) is 1.00. The van der Waals surface area contributed by atoms with Crippen molar-refractivity contribution in [1.29, 1.82) is 0 Å². The highest BCUT2D eigenvalue weighted by Gasteiger charge is 2.59. The van der Waals surface area contributed by atoms with Gasteiger partial charge in [-0.1, -0.05) is 13.8 Å². The summed E-state index contributed by atoms with van der Waals surface area (Å²) in [7, 11) is 1.91. The monoisotopic (exact) mass is 306 g/mol. The minimum Gasteiger partial charge on any atom is -0.393 e. The molecule has 2 unspecified atom stereocenters. The average molecular weight is 306 g/mol. The van der Waals surface area contributed by atoms with E-state index in [1.54, 1.807) is 0 Å². The Morgan fingerprint density at radius 3 is 2.55 bits per heavy atom. The largest absolute Gasteiger partial charge is 0.393 e. The molecule has 0 spiro atoms. The van der Waals surface area contributed by atoms with E-state index in [-0.39, 0.29) is 6.10 Å². The number of hydrogen-bond acceptors (Lipinski definition) is 2. The first-order chi connectivity index (χ1) is 10.5. The molecule has 2 nitrogen and oxygen atoms in total. The van der Waals surface area contributed by atoms with Crippen molar-refractivity contribution < 1.29 is 9.84 Å². The van der Waals surface area contributed by atoms with Crippen molar-refractivity contribution in [3.05, 3.63) is 0 Å². The van der Waals surface area contributed by atoms with Gasteiger partial charge in [-0.2, -0.15) is 0 Å². The van der Waals surface area contributed by atoms with E-state index in [1.807, 2.05) is 7.11 Å². The summed E-state index contributed by atoms with van der Waals surface area (Å²) < 4.78 is 5.76. The van der Waals surface area contributed by atoms with Crippen LogP contribution in [0.3, 0.4) is 0 Å². The Balaban J connectivity index is 1.60. The minimum atomic E-state index is -0.0205. The van der Waals surface area contributed by atoms with Crippen LogP contribution in [-0.2, 0) is 4.74 Å². The summed E-state index contributed by atoms with van der Waals surface area (Å²) in [5, 5.41) is 10.1. The normalized spacial score (nSPS) is 57.8. The zero-order valence-electron chi connectivity index (χ0n) is 14.7. The zero-order valence-corrected chi connectivity index (χ0v) is 14.7. The van der Waals surface area contributed by atoms with Gasteiger partial charge < -0.3 is 9.84 Å². The molecular formula is C20H34O2. The highest BCUT2D eigenvalue weighted by atomic mass is 16.5. The fourth-order valence-corrected chi connectivity index (χ4v) is 7.41. The fourth-order valence-electron chi connectivity index (χ4n) is 7.41. The molecule has 0 radical (unpaired) electrons. The Labute approximate surface area is 136 Å². The number of hydrogen-bond donors (Lipinski definition) is 1. The van der Waals surface area contributed by atoms with Gasteiger partial charge in [0.05, 0.1) is 12.2 Å². The zero-order chi connectivity index (χ0) is 15.5. The lowest BCUT2D eigenvalue weighted by molar-refractivity contribution is -0.120. The predicted molar refractivity (Wildman–Crippen MR) is 88.5 cm³/mol. The molecule has 4 fully saturated rings. The van der Waals surface area contributed by atoms with Crippen LogP contribution in [0.1, 0.15) is 71.6 Å². The lowest BCUT2D eigenvalue weighted by Crippen LogP contribution is -2.53. The number of ether oxygens (including phenoxy) is 1. The summed E-state index contributed by atoms with van der Waals surface area (Å²) in [5.74, 6) is 3.50. The Morgan fingerprint density at radius 2 is 1.77 bits per heavy atom. The van der Waals surface area contributed by atoms with Crippen LogP contribution in [0.15, 0.2) is 0 Å². The lowest BCUT2D eigenvalue weighted by atomic mass is 9.45. The first-order valence-corrected chi connectivity index (χ1v) is 9.67. The van der Waals surface area contributed by atoms with Crippen LogP contribution < -0.4 is 0 Å². The molecule has 1 N–H and O–H groups in total. The van der Waals surface area contributed by atoms with Crippen molar-refractivity contribution in [2.75, 3.05) is 7.11 Å². The highest BCUT2D eigenvalue weighted by Crippen LogP contribution is 2.66. The van der Waals surface area contributed by atoms with E-state index >= 15 is 0 Å². The van der Waals surface area contributed by atoms with Gasteiger partial charge in [-0.05, 0) is 92.3 Å². The van der Waals surface area contributed by atoms with Crippen molar-refractivity contribution >= 4 is 0 Å². The van der Waals surface area contributed by atoms with Gasteiger partial charge in [-0.15, -0.1) is 0 Å². The first kappa shape index (κ1) is 15.4. The van der Waals surface area contributed by atoms with E-state index < -0.39 is 0 Å². The minimum absolute atomic E-state index is 0.0205. The van der Waals surface area contributed by atoms with Crippen molar-refractivity contribution in [3.63, 3.8) is 0 Å². The molecule has 4 aliphatic rings. The highest BCUT2D eigenvalue weighted by molar-refractivity contribution is 5.08. The second kappa shape index (κ2) is 5.21. The molecule has 4 saturated carbocycles. The van der Waals surface area contributed by atoms with E-state index in [9.17, 15) is 5.11 Å². The first-order valence-electron chi connectivity index (χ1n) is 9.67. The van der Waals surface area contributed by atoms with Crippen LogP contribution in [-0.4, -0.2) is 24.4 Å². The Morgan fingerprint density at radius 1 is 0.955 bits per heavy atom. The molecule has 0 saturated heterocycles. The second-order valence-electron chi connectivity index (χ2n) is 9.58. The van der Waals surface area contributed by atoms with Crippen molar-refractivity contribution in [2.45, 2.75) is 83.8 Å². The molecule has 126 valence electrons. The van der Waals surface area contributed by atoms with Gasteiger partial charge in [0.25, 0.3) is 0 Å². The molecule has 4 aliphatic carbocycles. The van der Waals surface area contributed by atoms with Gasteiger partial charge >= 0.3 is 0 Å². The number of methoxy groups -OCH3 is 1. The van der Waals surface area contributed by atoms with E-state index in [2.05, 4.69) is 13.8 Å². The Bertz CT molecular complexity index is 435. The average Bonchev–Trinajstić information content (AvgIpc) is 2.85. The number of rotatable bonds is 1. The quantitative estimate of drug-likeness (QED) is 0.778. The van der Waals surface area contributed by atoms with Gasteiger partial charge in [-0.3, -0.25) is 0 Å². The van der Waals surface area contributed by atoms with Crippen LogP contribution in [0.4, 0.5) is 0 Å². The molecule has 2 heteroatoms. The summed E-state index contributed by atoms with van der Waals surface area (Å²) in [6.45, 7) is 5.12. The number of fused-ring (bicyclic) bond motifs is 5. The smallest absolute Gasteiger partial charge is 0.0579 e. The molecule has 0 amide bonds. The van der Waals surface area contributed by atoms with Gasteiger partial charge in [0.2, 0.25) is 0 Å². The molecule has 8 atom stereocenters. The van der Waals surface area contributed by atoms with Crippen LogP contribution >= 0.6 is 0 Å². The molecule has 0 aromatic rings. The molecule has 0 heterocycles. The third-order valence-corrected chi connectivity index (χ3v) is 8.70. The van der Waals surface area contributed by atoms with Crippen LogP contribution in [0.2, 0.25) is 0 Å². The molecule has 4 rings (SSSR count). The Kier molecular flexibility index (Phi) is 3.66. The molecule has 0 bridgehead atoms. The summed E-state index contributed by atoms with van der Waals surface area (Å²) in [6.07, 6.45) is 12.1. The SMILES string of the molecule is CO[C@@H]1C[C@@H]2[C@H]3CCC4CC(O)CC[C@@]4(C)[C@@H]3CC[C@@]2(C)C1. The summed E-state index contributed by atoms with van der Waals surface area (Å²) in [6, 6.07) is 0. The predicted octanol–water partition coefficient (Wildman–Crippen LogP) is 4.41. The van der Waals surface area contributed by atoms with Crippen LogP contribution in [0.5, 0.6) is 0 Å². The standard InChI is InChI=1S/C20H34O2/c1-19-8-7-17-16(18(19)11-15(12-19)22-3)5-4-13-10-14(21)6-9-20(13,17)2/h13-18,21H,4-12H2,1-3H3/t13?,14?,15-,16+,17-,18-,19+,20-/m1/s1. The molecule has 0 aliphatic heterocycles. The Hall–Kier alpha value is -0.0800. The van der Waals surface area contributed by atoms with Crippen LogP contribution in [0.25, 0.3) is 0 Å². The summed E-state index contributed by atoms with van der Waals surface area (Å²) in [5.41, 5.74) is 1.05. The van der Waals surface area contributed by atoms with Crippen LogP contribution in [0, 0.1) is 34.5 Å². The summed E-state index contributed by atoms with van der Waals surface area (Å²) >= 11 is 0. The van der Waals surface area contributed by atoms with Gasteiger partial charge in [-0.25, -0.2) is 0 Å². The molecule has 0 aromatic carbocycles. The van der Waals surface area contributed by atoms with Gasteiger partial charge in [0, 0.05) is 7.11 Å². The van der Waals surface area contributed by atoms with Gasteiger partial charge in [0.15, 0.2) is 0 Å². The number of aliphatic hydroxyl groups is 1. The van der Waals surface area contributed by atoms with E-state index in [4.69, 9.17) is 4.74 Å². The molecular weight excluding hydrogens is 272 g/mol. The van der Waals surface area contributed by atoms with Crippen molar-refractivity contribution in [3.8, 4) is 0 Å². The van der Waals surface area contributed by atoms with Gasteiger partial charge in [0.1, 0.15) is 0 Å². The maximum absolute atomic E-state index is 10.1. The third-order valence-electron chi connectivity index (χ3n) is 8.70. The van der Waals surface area contributed by atoms with E-state index in [0.717, 1.165) is 36.5 Å². The lowest BCUT2D eigenvalue weighted by Gasteiger charge is -2.60. The second-order valence-corrected chi connectivity index (χ2v) is 9.58. The maximum atomic E-state index is 10.1. The molecule has 22 heavy (non-hydrogen) atoms. The number of aliphatic hydroxyl groups excluding tert-OH is 1. The van der Waals surface area contributed by atoms with Crippen molar-refractivity contribution in [2.24, 2.45) is 34.5 Å². The maximum Gasteiger partial charge on any atom is 0.0579 e. The third kappa shape index (κ3) is 2.13. The molecule has 0 aromatic heterocycles. The van der Waals surface area contributed by atoms with E-state index in [0.29, 0.717) is 16.9 Å². The topological polar surface area (TPSA) is 29.5 Å². The van der Waals surface area contributed by atoms with Crippen molar-refractivity contribution in [1.82, 2.24) is 0 Å². The van der Waals surface area contributed by atoms with E-state index in [1.165, 1.54) is 44.9 Å². The summed E-state index contributed by atoms with van der Waals surface area (Å²) in [4.78, 5) is 0.